The normalized spacial score (nSPS) is 23.7. The fourth-order valence-corrected chi connectivity index (χ4v) is 3.35. The van der Waals surface area contributed by atoms with Gasteiger partial charge in [0, 0.05) is 25.7 Å². The number of imide groups is 1. The Hall–Kier alpha value is -2.44. The van der Waals surface area contributed by atoms with Crippen LogP contribution in [0.15, 0.2) is 18.3 Å². The van der Waals surface area contributed by atoms with Crippen LogP contribution < -0.4 is 10.2 Å². The Balaban J connectivity index is 1.62. The number of esters is 1. The summed E-state index contributed by atoms with van der Waals surface area (Å²) in [6.45, 7) is 6.93. The summed E-state index contributed by atoms with van der Waals surface area (Å²) >= 11 is 0. The van der Waals surface area contributed by atoms with E-state index in [0.717, 1.165) is 24.3 Å². The largest absolute Gasteiger partial charge is 0.460 e. The molecular weight excluding hydrogens is 334 g/mol. The highest BCUT2D eigenvalue weighted by Crippen LogP contribution is 2.28. The van der Waals surface area contributed by atoms with E-state index < -0.39 is 5.60 Å². The fourth-order valence-electron chi connectivity index (χ4n) is 3.35. The molecule has 140 valence electrons. The van der Waals surface area contributed by atoms with Crippen molar-refractivity contribution in [1.82, 2.24) is 10.3 Å². The molecule has 7 nitrogen and oxygen atoms in total. The number of hydrogen-bond acceptors (Lipinski definition) is 6. The summed E-state index contributed by atoms with van der Waals surface area (Å²) in [5, 5.41) is 2.37. The maximum absolute atomic E-state index is 12.2. The number of ether oxygens (including phenoxy) is 1. The van der Waals surface area contributed by atoms with Gasteiger partial charge in [-0.05, 0) is 45.2 Å². The van der Waals surface area contributed by atoms with Gasteiger partial charge in [0.1, 0.15) is 11.4 Å². The van der Waals surface area contributed by atoms with E-state index in [1.165, 1.54) is 0 Å². The van der Waals surface area contributed by atoms with Crippen LogP contribution in [0.25, 0.3) is 0 Å². The molecule has 1 aromatic rings. The second-order valence-electron chi connectivity index (χ2n) is 7.92. The number of rotatable bonds is 3. The van der Waals surface area contributed by atoms with E-state index in [1.807, 2.05) is 32.9 Å². The molecule has 0 radical (unpaired) electrons. The molecule has 1 aromatic heterocycles. The molecule has 0 unspecified atom stereocenters. The highest BCUT2D eigenvalue weighted by atomic mass is 16.6. The number of nitrogens with one attached hydrogen (secondary N) is 1. The molecule has 0 spiro atoms. The highest BCUT2D eigenvalue weighted by Gasteiger charge is 2.33. The lowest BCUT2D eigenvalue weighted by molar-refractivity contribution is -0.159. The minimum atomic E-state index is -0.480. The SMILES string of the molecule is CC(C)(C)OC(=O)[C@@H]1CCN(c2ccc([C@H]3CCC(=O)NC3=O)cn2)C1. The summed E-state index contributed by atoms with van der Waals surface area (Å²) in [7, 11) is 0. The zero-order valence-electron chi connectivity index (χ0n) is 15.4. The van der Waals surface area contributed by atoms with Crippen molar-refractivity contribution in [3.05, 3.63) is 23.9 Å². The molecular formula is C19H25N3O4. The number of hydrogen-bond donors (Lipinski definition) is 1. The number of piperidine rings is 1. The number of amides is 2. The lowest BCUT2D eigenvalue weighted by atomic mass is 9.92. The minimum Gasteiger partial charge on any atom is -0.460 e. The van der Waals surface area contributed by atoms with Crippen molar-refractivity contribution in [3.8, 4) is 0 Å². The first-order valence-electron chi connectivity index (χ1n) is 9.00. The Morgan fingerprint density at radius 1 is 1.27 bits per heavy atom. The van der Waals surface area contributed by atoms with Gasteiger partial charge in [-0.3, -0.25) is 19.7 Å². The van der Waals surface area contributed by atoms with E-state index in [9.17, 15) is 14.4 Å². The molecule has 2 atom stereocenters. The van der Waals surface area contributed by atoms with Crippen molar-refractivity contribution >= 4 is 23.6 Å². The first kappa shape index (κ1) is 18.4. The van der Waals surface area contributed by atoms with Gasteiger partial charge in [0.2, 0.25) is 11.8 Å². The Labute approximate surface area is 153 Å². The van der Waals surface area contributed by atoms with Crippen LogP contribution in [-0.4, -0.2) is 41.5 Å². The second kappa shape index (κ2) is 7.05. The van der Waals surface area contributed by atoms with E-state index >= 15 is 0 Å². The lowest BCUT2D eigenvalue weighted by Crippen LogP contribution is -2.39. The minimum absolute atomic E-state index is 0.147. The molecule has 2 aliphatic rings. The summed E-state index contributed by atoms with van der Waals surface area (Å²) < 4.78 is 5.47. The van der Waals surface area contributed by atoms with E-state index in [4.69, 9.17) is 4.74 Å². The van der Waals surface area contributed by atoms with Gasteiger partial charge in [0.25, 0.3) is 0 Å². The predicted molar refractivity (Wildman–Crippen MR) is 95.5 cm³/mol. The van der Waals surface area contributed by atoms with E-state index in [0.29, 0.717) is 19.4 Å². The van der Waals surface area contributed by atoms with Gasteiger partial charge in [-0.1, -0.05) is 6.07 Å². The molecule has 0 aliphatic carbocycles. The monoisotopic (exact) mass is 359 g/mol. The van der Waals surface area contributed by atoms with Crippen LogP contribution in [0, 0.1) is 5.92 Å². The van der Waals surface area contributed by atoms with Gasteiger partial charge >= 0.3 is 5.97 Å². The van der Waals surface area contributed by atoms with Gasteiger partial charge in [0.15, 0.2) is 0 Å². The zero-order chi connectivity index (χ0) is 18.9. The molecule has 1 N–H and O–H groups in total. The number of carbonyl (C=O) groups is 3. The molecule has 2 aliphatic heterocycles. The maximum atomic E-state index is 12.2. The molecule has 26 heavy (non-hydrogen) atoms. The average Bonchev–Trinajstić information content (AvgIpc) is 3.04. The van der Waals surface area contributed by atoms with E-state index in [-0.39, 0.29) is 29.6 Å². The van der Waals surface area contributed by atoms with Crippen LogP contribution in [-0.2, 0) is 19.1 Å². The quantitative estimate of drug-likeness (QED) is 0.654. The topological polar surface area (TPSA) is 88.6 Å². The molecule has 2 fully saturated rings. The third-order valence-corrected chi connectivity index (χ3v) is 4.66. The summed E-state index contributed by atoms with van der Waals surface area (Å²) in [5.74, 6) is -0.344. The number of aromatic nitrogens is 1. The van der Waals surface area contributed by atoms with Crippen molar-refractivity contribution in [2.75, 3.05) is 18.0 Å². The Bertz CT molecular complexity index is 708. The van der Waals surface area contributed by atoms with Crippen LogP contribution in [0.3, 0.4) is 0 Å². The predicted octanol–water partition coefficient (Wildman–Crippen LogP) is 1.77. The van der Waals surface area contributed by atoms with E-state index in [1.54, 1.807) is 6.20 Å². The lowest BCUT2D eigenvalue weighted by Gasteiger charge is -2.23. The Morgan fingerprint density at radius 3 is 2.65 bits per heavy atom. The van der Waals surface area contributed by atoms with E-state index in [2.05, 4.69) is 15.2 Å². The first-order valence-corrected chi connectivity index (χ1v) is 9.00. The number of carbonyl (C=O) groups excluding carboxylic acids is 3. The summed E-state index contributed by atoms with van der Waals surface area (Å²) in [6, 6.07) is 3.75. The van der Waals surface area contributed by atoms with Gasteiger partial charge in [-0.25, -0.2) is 4.98 Å². The number of anilines is 1. The van der Waals surface area contributed by atoms with Gasteiger partial charge < -0.3 is 9.64 Å². The van der Waals surface area contributed by atoms with Crippen molar-refractivity contribution in [2.45, 2.75) is 51.6 Å². The number of pyridine rings is 1. The van der Waals surface area contributed by atoms with Crippen molar-refractivity contribution < 1.29 is 19.1 Å². The maximum Gasteiger partial charge on any atom is 0.311 e. The molecule has 2 amide bonds. The summed E-state index contributed by atoms with van der Waals surface area (Å²) in [6.07, 6.45) is 3.29. The molecule has 3 heterocycles. The molecule has 0 aromatic carbocycles. The van der Waals surface area contributed by atoms with Gasteiger partial charge in [-0.15, -0.1) is 0 Å². The number of nitrogens with zero attached hydrogens (tertiary/aromatic N) is 2. The molecule has 0 bridgehead atoms. The van der Waals surface area contributed by atoms with Crippen LogP contribution in [0.1, 0.15) is 51.5 Å². The summed E-state index contributed by atoms with van der Waals surface area (Å²) in [5.41, 5.74) is 0.327. The molecule has 2 saturated heterocycles. The van der Waals surface area contributed by atoms with Crippen LogP contribution in [0.2, 0.25) is 0 Å². The first-order chi connectivity index (χ1) is 12.2. The second-order valence-corrected chi connectivity index (χ2v) is 7.92. The smallest absolute Gasteiger partial charge is 0.311 e. The molecule has 3 rings (SSSR count). The van der Waals surface area contributed by atoms with Crippen molar-refractivity contribution in [2.24, 2.45) is 5.92 Å². The Kier molecular flexibility index (Phi) is 4.98. The van der Waals surface area contributed by atoms with Crippen LogP contribution in [0.5, 0.6) is 0 Å². The molecule has 0 saturated carbocycles. The fraction of sp³-hybridized carbons (Fsp3) is 0.579. The van der Waals surface area contributed by atoms with Crippen molar-refractivity contribution in [1.29, 1.82) is 0 Å². The van der Waals surface area contributed by atoms with Gasteiger partial charge in [0.05, 0.1) is 11.8 Å². The van der Waals surface area contributed by atoms with Crippen molar-refractivity contribution in [3.63, 3.8) is 0 Å². The Morgan fingerprint density at radius 2 is 2.04 bits per heavy atom. The average molecular weight is 359 g/mol. The van der Waals surface area contributed by atoms with Crippen LogP contribution in [0.4, 0.5) is 5.82 Å². The zero-order valence-corrected chi connectivity index (χ0v) is 15.4. The third-order valence-electron chi connectivity index (χ3n) is 4.66. The highest BCUT2D eigenvalue weighted by molar-refractivity contribution is 6.00. The standard InChI is InChI=1S/C19H25N3O4/c1-19(2,3)26-18(25)13-8-9-22(11-13)15-6-4-12(10-20-15)14-5-7-16(23)21-17(14)24/h4,6,10,13-14H,5,7-9,11H2,1-3H3,(H,21,23,24)/t13-,14-/m1/s1. The third kappa shape index (κ3) is 4.20. The van der Waals surface area contributed by atoms with Crippen LogP contribution >= 0.6 is 0 Å². The molecule has 7 heteroatoms. The summed E-state index contributed by atoms with van der Waals surface area (Å²) in [4.78, 5) is 42.0. The van der Waals surface area contributed by atoms with Gasteiger partial charge in [-0.2, -0.15) is 0 Å².